The quantitative estimate of drug-likeness (QED) is 0.636. The molecule has 22 heavy (non-hydrogen) atoms. The Hall–Kier alpha value is -0.590. The molecule has 0 radical (unpaired) electrons. The van der Waals surface area contributed by atoms with E-state index in [1.54, 1.807) is 4.90 Å². The Kier molecular flexibility index (Phi) is 7.69. The Labute approximate surface area is 148 Å². The van der Waals surface area contributed by atoms with Gasteiger partial charge in [-0.25, -0.2) is 4.79 Å². The average Bonchev–Trinajstić information content (AvgIpc) is 2.59. The van der Waals surface area contributed by atoms with Gasteiger partial charge < -0.3 is 14.4 Å². The third-order valence-corrected chi connectivity index (χ3v) is 5.82. The molecule has 0 aromatic heterocycles. The van der Waals surface area contributed by atoms with Gasteiger partial charge in [-0.3, -0.25) is 0 Å². The van der Waals surface area contributed by atoms with E-state index in [9.17, 15) is 4.79 Å². The SMILES string of the molecule is O=C(OCc1ccccc1)N1CCC(OC[C@H](Br)CBr)CC1. The van der Waals surface area contributed by atoms with Crippen molar-refractivity contribution in [1.29, 1.82) is 0 Å². The van der Waals surface area contributed by atoms with Gasteiger partial charge in [-0.15, -0.1) is 0 Å². The number of amides is 1. The van der Waals surface area contributed by atoms with Crippen LogP contribution in [0, 0.1) is 0 Å². The Morgan fingerprint density at radius 3 is 2.59 bits per heavy atom. The molecule has 1 aliphatic heterocycles. The Morgan fingerprint density at radius 2 is 1.95 bits per heavy atom. The summed E-state index contributed by atoms with van der Waals surface area (Å²) in [6.07, 6.45) is 1.73. The number of rotatable bonds is 6. The lowest BCUT2D eigenvalue weighted by molar-refractivity contribution is 0.00735. The second-order valence-electron chi connectivity index (χ2n) is 5.31. The van der Waals surface area contributed by atoms with Crippen LogP contribution in [0.1, 0.15) is 18.4 Å². The van der Waals surface area contributed by atoms with Crippen LogP contribution in [0.25, 0.3) is 0 Å². The number of likely N-dealkylation sites (tertiary alicyclic amines) is 1. The molecule has 122 valence electrons. The Bertz CT molecular complexity index is 450. The van der Waals surface area contributed by atoms with E-state index >= 15 is 0 Å². The highest BCUT2D eigenvalue weighted by molar-refractivity contribution is 9.12. The van der Waals surface area contributed by atoms with Crippen LogP contribution in [-0.2, 0) is 16.1 Å². The molecule has 1 heterocycles. The number of carbonyl (C=O) groups excluding carboxylic acids is 1. The maximum Gasteiger partial charge on any atom is 0.410 e. The molecular formula is C16H21Br2NO3. The van der Waals surface area contributed by atoms with Crippen molar-refractivity contribution in [2.75, 3.05) is 25.0 Å². The van der Waals surface area contributed by atoms with Gasteiger partial charge in [-0.2, -0.15) is 0 Å². The summed E-state index contributed by atoms with van der Waals surface area (Å²) < 4.78 is 11.2. The van der Waals surface area contributed by atoms with E-state index in [1.165, 1.54) is 0 Å². The third kappa shape index (κ3) is 5.89. The van der Waals surface area contributed by atoms with E-state index in [0.717, 1.165) is 23.7 Å². The number of benzene rings is 1. The van der Waals surface area contributed by atoms with Crippen LogP contribution in [0.3, 0.4) is 0 Å². The number of nitrogens with zero attached hydrogens (tertiary/aromatic N) is 1. The molecule has 0 unspecified atom stereocenters. The fourth-order valence-corrected chi connectivity index (χ4v) is 2.64. The van der Waals surface area contributed by atoms with Gasteiger partial charge in [0, 0.05) is 23.2 Å². The number of hydrogen-bond donors (Lipinski definition) is 0. The standard InChI is InChI=1S/C16H21Br2NO3/c17-10-14(18)12-21-15-6-8-19(9-7-15)16(20)22-11-13-4-2-1-3-5-13/h1-5,14-15H,6-12H2/t14-/m1/s1. The molecule has 1 aromatic carbocycles. The molecule has 0 N–H and O–H groups in total. The summed E-state index contributed by atoms with van der Waals surface area (Å²) in [6, 6.07) is 9.73. The first kappa shape index (κ1) is 17.8. The molecule has 4 nitrogen and oxygen atoms in total. The van der Waals surface area contributed by atoms with Crippen LogP contribution >= 0.6 is 31.9 Å². The lowest BCUT2D eigenvalue weighted by atomic mass is 10.1. The van der Waals surface area contributed by atoms with Crippen molar-refractivity contribution in [2.45, 2.75) is 30.4 Å². The maximum atomic E-state index is 12.0. The monoisotopic (exact) mass is 433 g/mol. The van der Waals surface area contributed by atoms with E-state index in [-0.39, 0.29) is 12.2 Å². The molecule has 1 saturated heterocycles. The average molecular weight is 435 g/mol. The van der Waals surface area contributed by atoms with Gasteiger partial charge in [0.05, 0.1) is 12.7 Å². The number of alkyl halides is 2. The molecular weight excluding hydrogens is 414 g/mol. The summed E-state index contributed by atoms with van der Waals surface area (Å²) in [4.78, 5) is 14.1. The van der Waals surface area contributed by atoms with Crippen molar-refractivity contribution < 1.29 is 14.3 Å². The van der Waals surface area contributed by atoms with Gasteiger partial charge in [0.25, 0.3) is 0 Å². The zero-order valence-corrected chi connectivity index (χ0v) is 15.6. The van der Waals surface area contributed by atoms with Gasteiger partial charge in [0.15, 0.2) is 0 Å². The highest BCUT2D eigenvalue weighted by atomic mass is 79.9. The fraction of sp³-hybridized carbons (Fsp3) is 0.562. The van der Waals surface area contributed by atoms with Crippen LogP contribution in [0.5, 0.6) is 0 Å². The predicted octanol–water partition coefficient (Wildman–Crippen LogP) is 3.96. The minimum Gasteiger partial charge on any atom is -0.445 e. The van der Waals surface area contributed by atoms with E-state index in [4.69, 9.17) is 9.47 Å². The zero-order valence-electron chi connectivity index (χ0n) is 12.4. The van der Waals surface area contributed by atoms with Crippen molar-refractivity contribution in [3.8, 4) is 0 Å². The predicted molar refractivity (Wildman–Crippen MR) is 93.7 cm³/mol. The van der Waals surface area contributed by atoms with E-state index in [1.807, 2.05) is 30.3 Å². The molecule has 1 atom stereocenters. The van der Waals surface area contributed by atoms with Gasteiger partial charge >= 0.3 is 6.09 Å². The van der Waals surface area contributed by atoms with Crippen LogP contribution in [0.4, 0.5) is 4.79 Å². The minimum absolute atomic E-state index is 0.234. The first-order chi connectivity index (χ1) is 10.7. The molecule has 0 spiro atoms. The van der Waals surface area contributed by atoms with E-state index in [2.05, 4.69) is 31.9 Å². The lowest BCUT2D eigenvalue weighted by Crippen LogP contribution is -2.41. The molecule has 2 rings (SSSR count). The second-order valence-corrected chi connectivity index (χ2v) is 7.25. The lowest BCUT2D eigenvalue weighted by Gasteiger charge is -2.31. The molecule has 1 aliphatic rings. The smallest absolute Gasteiger partial charge is 0.410 e. The molecule has 0 bridgehead atoms. The summed E-state index contributed by atoms with van der Waals surface area (Å²) in [7, 11) is 0. The van der Waals surface area contributed by atoms with Crippen LogP contribution in [-0.4, -0.2) is 47.0 Å². The molecule has 6 heteroatoms. The molecule has 1 aromatic rings. The van der Waals surface area contributed by atoms with Crippen LogP contribution < -0.4 is 0 Å². The highest BCUT2D eigenvalue weighted by Crippen LogP contribution is 2.17. The molecule has 1 fully saturated rings. The summed E-state index contributed by atoms with van der Waals surface area (Å²) >= 11 is 6.93. The fourth-order valence-electron chi connectivity index (χ4n) is 2.30. The van der Waals surface area contributed by atoms with Gasteiger partial charge in [-0.05, 0) is 18.4 Å². The number of ether oxygens (including phenoxy) is 2. The Balaban J connectivity index is 1.66. The van der Waals surface area contributed by atoms with Crippen LogP contribution in [0.15, 0.2) is 30.3 Å². The number of piperidine rings is 1. The molecule has 0 aliphatic carbocycles. The van der Waals surface area contributed by atoms with Crippen LogP contribution in [0.2, 0.25) is 0 Å². The van der Waals surface area contributed by atoms with Crippen molar-refractivity contribution in [1.82, 2.24) is 4.90 Å². The minimum atomic E-state index is -0.235. The van der Waals surface area contributed by atoms with E-state index < -0.39 is 0 Å². The van der Waals surface area contributed by atoms with Crippen molar-refractivity contribution in [2.24, 2.45) is 0 Å². The van der Waals surface area contributed by atoms with Crippen molar-refractivity contribution in [3.63, 3.8) is 0 Å². The van der Waals surface area contributed by atoms with Gasteiger partial charge in [-0.1, -0.05) is 62.2 Å². The number of carbonyl (C=O) groups is 1. The summed E-state index contributed by atoms with van der Waals surface area (Å²) in [6.45, 7) is 2.40. The topological polar surface area (TPSA) is 38.8 Å². The van der Waals surface area contributed by atoms with E-state index in [0.29, 0.717) is 31.1 Å². The zero-order chi connectivity index (χ0) is 15.8. The number of halogens is 2. The van der Waals surface area contributed by atoms with Crippen molar-refractivity contribution >= 4 is 38.0 Å². The van der Waals surface area contributed by atoms with Gasteiger partial charge in [0.2, 0.25) is 0 Å². The van der Waals surface area contributed by atoms with Crippen molar-refractivity contribution in [3.05, 3.63) is 35.9 Å². The van der Waals surface area contributed by atoms with Gasteiger partial charge in [0.1, 0.15) is 6.61 Å². The third-order valence-electron chi connectivity index (χ3n) is 3.59. The summed E-state index contributed by atoms with van der Waals surface area (Å²) in [5.41, 5.74) is 1.01. The number of hydrogen-bond acceptors (Lipinski definition) is 3. The first-order valence-electron chi connectivity index (χ1n) is 7.46. The molecule has 0 saturated carbocycles. The molecule has 1 amide bonds. The maximum absolute atomic E-state index is 12.0. The Morgan fingerprint density at radius 1 is 1.27 bits per heavy atom. The summed E-state index contributed by atoms with van der Waals surface area (Å²) in [5.74, 6) is 0. The first-order valence-corrected chi connectivity index (χ1v) is 9.50. The normalized spacial score (nSPS) is 17.3. The summed E-state index contributed by atoms with van der Waals surface area (Å²) in [5, 5.41) is 0.873. The highest BCUT2D eigenvalue weighted by Gasteiger charge is 2.24. The largest absolute Gasteiger partial charge is 0.445 e. The second kappa shape index (κ2) is 9.53.